The number of nitrogen functional groups attached to an aromatic ring is 1. The van der Waals surface area contributed by atoms with Crippen LogP contribution in [0.2, 0.25) is 0 Å². The van der Waals surface area contributed by atoms with Crippen LogP contribution in [0.3, 0.4) is 0 Å². The Balaban J connectivity index is 2.17. The van der Waals surface area contributed by atoms with Crippen molar-refractivity contribution in [3.05, 3.63) is 18.0 Å². The fraction of sp³-hybridized carbons (Fsp3) is 0.615. The second-order valence-corrected chi connectivity index (χ2v) is 4.80. The van der Waals surface area contributed by atoms with E-state index in [0.29, 0.717) is 17.4 Å². The van der Waals surface area contributed by atoms with Crippen LogP contribution >= 0.6 is 0 Å². The fourth-order valence-corrected chi connectivity index (χ4v) is 2.61. The van der Waals surface area contributed by atoms with Gasteiger partial charge in [-0.05, 0) is 25.8 Å². The van der Waals surface area contributed by atoms with E-state index >= 15 is 0 Å². The lowest BCUT2D eigenvalue weighted by Crippen LogP contribution is -2.36. The summed E-state index contributed by atoms with van der Waals surface area (Å²) in [6.45, 7) is 2.79. The van der Waals surface area contributed by atoms with Gasteiger partial charge in [0, 0.05) is 25.8 Å². The monoisotopic (exact) mass is 235 g/mol. The molecule has 1 aliphatic rings. The zero-order valence-corrected chi connectivity index (χ0v) is 10.6. The third-order valence-electron chi connectivity index (χ3n) is 3.67. The maximum Gasteiger partial charge on any atom is 0.270 e. The van der Waals surface area contributed by atoms with Gasteiger partial charge in [-0.1, -0.05) is 12.8 Å². The normalized spacial score (nSPS) is 16.4. The summed E-state index contributed by atoms with van der Waals surface area (Å²) < 4.78 is 1.92. The van der Waals surface area contributed by atoms with E-state index in [4.69, 9.17) is 5.73 Å². The number of nitrogens with zero attached hydrogens (tertiary/aromatic N) is 2. The van der Waals surface area contributed by atoms with Crippen LogP contribution in [0.5, 0.6) is 0 Å². The molecule has 0 atom stereocenters. The molecule has 1 aromatic rings. The molecule has 0 aliphatic heterocycles. The van der Waals surface area contributed by atoms with Gasteiger partial charge in [0.05, 0.1) is 5.69 Å². The summed E-state index contributed by atoms with van der Waals surface area (Å²) in [5.41, 5.74) is 7.12. The first-order chi connectivity index (χ1) is 8.13. The highest BCUT2D eigenvalue weighted by molar-refractivity contribution is 5.93. The molecule has 0 saturated heterocycles. The highest BCUT2D eigenvalue weighted by atomic mass is 16.2. The Kier molecular flexibility index (Phi) is 3.41. The first-order valence-electron chi connectivity index (χ1n) is 6.36. The number of aromatic nitrogens is 1. The highest BCUT2D eigenvalue weighted by Gasteiger charge is 2.25. The zero-order valence-electron chi connectivity index (χ0n) is 10.6. The maximum atomic E-state index is 12.4. The minimum absolute atomic E-state index is 0.0930. The van der Waals surface area contributed by atoms with Crippen molar-refractivity contribution < 1.29 is 4.79 Å². The Labute approximate surface area is 102 Å². The second kappa shape index (κ2) is 4.82. The summed E-state index contributed by atoms with van der Waals surface area (Å²) in [5.74, 6) is 0.0930. The van der Waals surface area contributed by atoms with E-state index < -0.39 is 0 Å². The van der Waals surface area contributed by atoms with Gasteiger partial charge in [0.15, 0.2) is 0 Å². The molecule has 1 aliphatic carbocycles. The van der Waals surface area contributed by atoms with Gasteiger partial charge < -0.3 is 15.2 Å². The van der Waals surface area contributed by atoms with Gasteiger partial charge >= 0.3 is 0 Å². The van der Waals surface area contributed by atoms with E-state index in [9.17, 15) is 4.79 Å². The molecule has 94 valence electrons. The largest absolute Gasteiger partial charge is 0.397 e. The van der Waals surface area contributed by atoms with Crippen LogP contribution in [-0.2, 0) is 6.54 Å². The lowest BCUT2D eigenvalue weighted by Gasteiger charge is -2.24. The molecule has 1 amide bonds. The van der Waals surface area contributed by atoms with Gasteiger partial charge in [-0.2, -0.15) is 0 Å². The van der Waals surface area contributed by atoms with Gasteiger partial charge in [-0.15, -0.1) is 0 Å². The van der Waals surface area contributed by atoms with Crippen molar-refractivity contribution in [3.8, 4) is 0 Å². The molecule has 17 heavy (non-hydrogen) atoms. The van der Waals surface area contributed by atoms with Crippen molar-refractivity contribution in [1.82, 2.24) is 9.47 Å². The van der Waals surface area contributed by atoms with Crippen LogP contribution in [0, 0.1) is 0 Å². The molecule has 0 spiro atoms. The molecule has 2 rings (SSSR count). The number of aryl methyl sites for hydroxylation is 1. The topological polar surface area (TPSA) is 51.3 Å². The molecule has 4 heteroatoms. The van der Waals surface area contributed by atoms with Crippen LogP contribution in [0.15, 0.2) is 12.3 Å². The van der Waals surface area contributed by atoms with E-state index in [0.717, 1.165) is 19.4 Å². The van der Waals surface area contributed by atoms with Crippen LogP contribution in [0.4, 0.5) is 5.69 Å². The van der Waals surface area contributed by atoms with Crippen molar-refractivity contribution in [3.63, 3.8) is 0 Å². The smallest absolute Gasteiger partial charge is 0.270 e. The van der Waals surface area contributed by atoms with Gasteiger partial charge in [0.2, 0.25) is 0 Å². The fourth-order valence-electron chi connectivity index (χ4n) is 2.61. The molecule has 1 aromatic heterocycles. The minimum Gasteiger partial charge on any atom is -0.397 e. The van der Waals surface area contributed by atoms with Crippen LogP contribution in [0.1, 0.15) is 43.1 Å². The Morgan fingerprint density at radius 2 is 2.18 bits per heavy atom. The van der Waals surface area contributed by atoms with E-state index in [1.54, 1.807) is 6.07 Å². The molecule has 1 saturated carbocycles. The molecule has 0 unspecified atom stereocenters. The van der Waals surface area contributed by atoms with Crippen LogP contribution in [-0.4, -0.2) is 28.5 Å². The first-order valence-corrected chi connectivity index (χ1v) is 6.36. The van der Waals surface area contributed by atoms with Crippen LogP contribution < -0.4 is 5.73 Å². The van der Waals surface area contributed by atoms with Gasteiger partial charge in [-0.25, -0.2) is 0 Å². The van der Waals surface area contributed by atoms with Crippen molar-refractivity contribution in [2.24, 2.45) is 0 Å². The third kappa shape index (κ3) is 2.30. The Hall–Kier alpha value is -1.45. The molecule has 1 fully saturated rings. The van der Waals surface area contributed by atoms with Crippen LogP contribution in [0.25, 0.3) is 0 Å². The average Bonchev–Trinajstić information content (AvgIpc) is 2.95. The SMILES string of the molecule is CCn1cc(N)cc1C(=O)N(C)C1CCCC1. The van der Waals surface area contributed by atoms with Crippen molar-refractivity contribution >= 4 is 11.6 Å². The summed E-state index contributed by atoms with van der Waals surface area (Å²) in [6, 6.07) is 2.18. The number of rotatable bonds is 3. The predicted octanol–water partition coefficient (Wildman–Crippen LogP) is 2.10. The molecular weight excluding hydrogens is 214 g/mol. The minimum atomic E-state index is 0.0930. The second-order valence-electron chi connectivity index (χ2n) is 4.80. The number of nitrogens with two attached hydrogens (primary N) is 1. The third-order valence-corrected chi connectivity index (χ3v) is 3.67. The molecule has 1 heterocycles. The molecule has 2 N–H and O–H groups in total. The lowest BCUT2D eigenvalue weighted by molar-refractivity contribution is 0.0724. The van der Waals surface area contributed by atoms with Gasteiger partial charge in [-0.3, -0.25) is 4.79 Å². The molecule has 0 radical (unpaired) electrons. The van der Waals surface area contributed by atoms with E-state index in [2.05, 4.69) is 0 Å². The average molecular weight is 235 g/mol. The molecule has 4 nitrogen and oxygen atoms in total. The van der Waals surface area contributed by atoms with Crippen molar-refractivity contribution in [2.45, 2.75) is 45.2 Å². The lowest BCUT2D eigenvalue weighted by atomic mass is 10.2. The number of anilines is 1. The standard InChI is InChI=1S/C13H21N3O/c1-3-16-9-10(14)8-12(16)13(17)15(2)11-6-4-5-7-11/h8-9,11H,3-7,14H2,1-2H3. The number of hydrogen-bond acceptors (Lipinski definition) is 2. The number of carbonyl (C=O) groups is 1. The summed E-state index contributed by atoms with van der Waals surface area (Å²) in [5, 5.41) is 0. The van der Waals surface area contributed by atoms with Crippen molar-refractivity contribution in [1.29, 1.82) is 0 Å². The molecule has 0 bridgehead atoms. The Bertz CT molecular complexity index is 405. The quantitative estimate of drug-likeness (QED) is 0.872. The summed E-state index contributed by atoms with van der Waals surface area (Å²) in [7, 11) is 1.90. The van der Waals surface area contributed by atoms with Gasteiger partial charge in [0.25, 0.3) is 5.91 Å². The number of hydrogen-bond donors (Lipinski definition) is 1. The number of amides is 1. The number of carbonyl (C=O) groups excluding carboxylic acids is 1. The van der Waals surface area contributed by atoms with E-state index in [1.165, 1.54) is 12.8 Å². The Morgan fingerprint density at radius 1 is 1.53 bits per heavy atom. The maximum absolute atomic E-state index is 12.4. The summed E-state index contributed by atoms with van der Waals surface area (Å²) in [6.07, 6.45) is 6.56. The van der Waals surface area contributed by atoms with Crippen molar-refractivity contribution in [2.75, 3.05) is 12.8 Å². The van der Waals surface area contributed by atoms with Gasteiger partial charge in [0.1, 0.15) is 5.69 Å². The predicted molar refractivity (Wildman–Crippen MR) is 68.9 cm³/mol. The summed E-state index contributed by atoms with van der Waals surface area (Å²) in [4.78, 5) is 14.3. The van der Waals surface area contributed by atoms with E-state index in [-0.39, 0.29) is 5.91 Å². The summed E-state index contributed by atoms with van der Waals surface area (Å²) >= 11 is 0. The first kappa shape index (κ1) is 12.0. The van der Waals surface area contributed by atoms with E-state index in [1.807, 2.05) is 29.6 Å². The molecule has 0 aromatic carbocycles. The molecular formula is C13H21N3O. The Morgan fingerprint density at radius 3 is 2.76 bits per heavy atom. The highest BCUT2D eigenvalue weighted by Crippen LogP contribution is 2.24. The zero-order chi connectivity index (χ0) is 12.4.